The van der Waals surface area contributed by atoms with Crippen molar-refractivity contribution in [2.45, 2.75) is 57.6 Å². The highest BCUT2D eigenvalue weighted by molar-refractivity contribution is 5.36. The number of phenols is 1. The third kappa shape index (κ3) is 9.72. The molecule has 0 amide bonds. The number of hydrogen-bond donors (Lipinski definition) is 4. The van der Waals surface area contributed by atoms with Crippen LogP contribution in [0.1, 0.15) is 69.5 Å². The zero-order valence-electron chi connectivity index (χ0n) is 23.4. The summed E-state index contributed by atoms with van der Waals surface area (Å²) < 4.78 is 53.4. The van der Waals surface area contributed by atoms with Gasteiger partial charge in [-0.25, -0.2) is 0 Å². The summed E-state index contributed by atoms with van der Waals surface area (Å²) in [6, 6.07) is 8.34. The van der Waals surface area contributed by atoms with Gasteiger partial charge in [-0.05, 0) is 61.9 Å². The predicted octanol–water partition coefficient (Wildman–Crippen LogP) is 4.11. The molecular formula is C25H37NO4. The molecular weight excluding hydrogens is 378 g/mol. The van der Waals surface area contributed by atoms with E-state index < -0.39 is 48.7 Å². The smallest absolute Gasteiger partial charge is 0.121 e. The first kappa shape index (κ1) is 16.7. The Morgan fingerprint density at radius 2 is 1.87 bits per heavy atom. The molecule has 0 bridgehead atoms. The molecule has 0 aliphatic heterocycles. The van der Waals surface area contributed by atoms with Crippen LogP contribution in [-0.4, -0.2) is 41.6 Å². The molecule has 0 saturated carbocycles. The molecule has 5 nitrogen and oxygen atoms in total. The molecule has 1 atom stereocenters. The fourth-order valence-corrected chi connectivity index (χ4v) is 2.91. The zero-order chi connectivity index (χ0) is 26.8. The predicted molar refractivity (Wildman–Crippen MR) is 121 cm³/mol. The summed E-state index contributed by atoms with van der Waals surface area (Å²) in [5.74, 6) is -0.698. The van der Waals surface area contributed by atoms with Gasteiger partial charge in [-0.15, -0.1) is 0 Å². The van der Waals surface area contributed by atoms with E-state index in [-0.39, 0.29) is 18.5 Å². The third-order valence-corrected chi connectivity index (χ3v) is 4.65. The molecule has 2 aromatic carbocycles. The average molecular weight is 422 g/mol. The first-order chi connectivity index (χ1) is 17.0. The van der Waals surface area contributed by atoms with E-state index in [2.05, 4.69) is 17.4 Å². The van der Waals surface area contributed by atoms with Crippen molar-refractivity contribution in [3.05, 3.63) is 65.1 Å². The molecule has 0 fully saturated rings. The molecule has 30 heavy (non-hydrogen) atoms. The summed E-state index contributed by atoms with van der Waals surface area (Å²) in [6.45, 7) is -1.96. The molecule has 5 heteroatoms. The number of ether oxygens (including phenoxy) is 1. The van der Waals surface area contributed by atoms with Crippen molar-refractivity contribution < 1.29 is 28.3 Å². The van der Waals surface area contributed by atoms with Crippen LogP contribution in [0.5, 0.6) is 5.75 Å². The molecule has 0 aromatic heterocycles. The van der Waals surface area contributed by atoms with E-state index in [1.165, 1.54) is 5.56 Å². The van der Waals surface area contributed by atoms with Gasteiger partial charge in [-0.1, -0.05) is 49.2 Å². The summed E-state index contributed by atoms with van der Waals surface area (Å²) in [5.41, 5.74) is 0.512. The Morgan fingerprint density at radius 3 is 2.67 bits per heavy atom. The van der Waals surface area contributed by atoms with Crippen molar-refractivity contribution in [1.29, 1.82) is 0 Å². The highest BCUT2D eigenvalue weighted by atomic mass is 16.5. The fourth-order valence-electron chi connectivity index (χ4n) is 2.91. The third-order valence-electron chi connectivity index (χ3n) is 4.65. The molecule has 4 N–H and O–H groups in total. The minimum absolute atomic E-state index is 0.266. The van der Waals surface area contributed by atoms with Crippen LogP contribution in [0.2, 0.25) is 0 Å². The summed E-state index contributed by atoms with van der Waals surface area (Å²) in [6.07, 6.45) is 2.51. The van der Waals surface area contributed by atoms with Crippen LogP contribution in [0.3, 0.4) is 0 Å². The minimum Gasteiger partial charge on any atom is -0.508 e. The molecule has 0 spiro atoms. The number of rotatable bonds is 16. The van der Waals surface area contributed by atoms with Crippen molar-refractivity contribution in [3.8, 4) is 5.75 Å². The lowest BCUT2D eigenvalue weighted by atomic mass is 10.1. The second kappa shape index (κ2) is 15.0. The Morgan fingerprint density at radius 1 is 1.07 bits per heavy atom. The summed E-state index contributed by atoms with van der Waals surface area (Å²) in [4.78, 5) is 0. The molecule has 0 heterocycles. The van der Waals surface area contributed by atoms with Gasteiger partial charge in [0.15, 0.2) is 0 Å². The summed E-state index contributed by atoms with van der Waals surface area (Å²) >= 11 is 0. The van der Waals surface area contributed by atoms with Crippen LogP contribution in [-0.2, 0) is 17.8 Å². The summed E-state index contributed by atoms with van der Waals surface area (Å²) in [7, 11) is 0. The number of hydrogen-bond acceptors (Lipinski definition) is 5. The van der Waals surface area contributed by atoms with E-state index in [1.54, 1.807) is 0 Å². The topological polar surface area (TPSA) is 82.0 Å². The Labute approximate surface area is 189 Å². The molecule has 1 unspecified atom stereocenters. The maximum atomic E-state index is 10.5. The van der Waals surface area contributed by atoms with E-state index in [0.717, 1.165) is 19.3 Å². The number of nitrogens with one attached hydrogen (secondary N) is 1. The monoisotopic (exact) mass is 421 g/mol. The highest BCUT2D eigenvalue weighted by Gasteiger charge is 2.09. The van der Waals surface area contributed by atoms with Gasteiger partial charge >= 0.3 is 0 Å². The van der Waals surface area contributed by atoms with Gasteiger partial charge in [-0.2, -0.15) is 0 Å². The number of aliphatic hydroxyl groups is 2. The molecule has 2 rings (SSSR count). The molecule has 0 aliphatic carbocycles. The quantitative estimate of drug-likeness (QED) is 0.307. The van der Waals surface area contributed by atoms with Crippen LogP contribution in [0.4, 0.5) is 0 Å². The molecule has 2 aromatic rings. The van der Waals surface area contributed by atoms with E-state index in [4.69, 9.17) is 13.0 Å². The summed E-state index contributed by atoms with van der Waals surface area (Å²) in [5, 5.41) is 32.6. The Kier molecular flexibility index (Phi) is 8.35. The first-order valence-corrected chi connectivity index (χ1v) is 10.5. The number of unbranched alkanes of at least 4 members (excludes halogenated alkanes) is 3. The Bertz CT molecular complexity index is 960. The normalized spacial score (nSPS) is 16.6. The fraction of sp³-hybridized carbons (Fsp3) is 0.520. The SMILES string of the molecule is [2H]c1c([2H])c(C([2H])(O)CNCCCCCC([2H])([2H])OCCCCc2ccccc2)c([2H])c(CO)c1O. The van der Waals surface area contributed by atoms with Gasteiger partial charge in [0.2, 0.25) is 0 Å². The van der Waals surface area contributed by atoms with E-state index >= 15 is 0 Å². The lowest BCUT2D eigenvalue weighted by Crippen LogP contribution is -2.22. The molecule has 0 saturated heterocycles. The van der Waals surface area contributed by atoms with Gasteiger partial charge < -0.3 is 25.4 Å². The average Bonchev–Trinajstić information content (AvgIpc) is 2.82. The number of aryl methyl sites for hydroxylation is 1. The maximum absolute atomic E-state index is 10.5. The van der Waals surface area contributed by atoms with Gasteiger partial charge in [0.1, 0.15) is 5.75 Å². The number of benzene rings is 2. The first-order valence-electron chi connectivity index (χ1n) is 13.5. The van der Waals surface area contributed by atoms with Crippen LogP contribution in [0.15, 0.2) is 48.5 Å². The van der Waals surface area contributed by atoms with Gasteiger partial charge in [0.25, 0.3) is 0 Å². The molecule has 166 valence electrons. The van der Waals surface area contributed by atoms with Crippen LogP contribution < -0.4 is 5.32 Å². The molecule has 0 aliphatic rings. The second-order valence-electron chi connectivity index (χ2n) is 7.10. The zero-order valence-corrected chi connectivity index (χ0v) is 17.4. The van der Waals surface area contributed by atoms with E-state index in [0.29, 0.717) is 32.4 Å². The number of aliphatic hydroxyl groups excluding tert-OH is 1. The maximum Gasteiger partial charge on any atom is 0.121 e. The van der Waals surface area contributed by atoms with Crippen LogP contribution in [0.25, 0.3) is 0 Å². The molecule has 0 radical (unpaired) electrons. The lowest BCUT2D eigenvalue weighted by Gasteiger charge is -2.14. The van der Waals surface area contributed by atoms with Crippen molar-refractivity contribution in [3.63, 3.8) is 0 Å². The second-order valence-corrected chi connectivity index (χ2v) is 7.10. The number of aromatic hydroxyl groups is 1. The Hall–Kier alpha value is -1.92. The van der Waals surface area contributed by atoms with E-state index in [1.807, 2.05) is 18.2 Å². The van der Waals surface area contributed by atoms with Crippen molar-refractivity contribution in [2.24, 2.45) is 0 Å². The van der Waals surface area contributed by atoms with Crippen molar-refractivity contribution in [2.75, 3.05) is 26.3 Å². The van der Waals surface area contributed by atoms with Crippen molar-refractivity contribution >= 4 is 0 Å². The van der Waals surface area contributed by atoms with Gasteiger partial charge in [0.05, 0.1) is 20.9 Å². The van der Waals surface area contributed by atoms with E-state index in [9.17, 15) is 15.3 Å². The van der Waals surface area contributed by atoms with Crippen molar-refractivity contribution in [1.82, 2.24) is 5.32 Å². The van der Waals surface area contributed by atoms with Gasteiger partial charge in [0, 0.05) is 25.3 Å². The minimum atomic E-state index is -2.40. The van der Waals surface area contributed by atoms with Crippen LogP contribution >= 0.6 is 0 Å². The van der Waals surface area contributed by atoms with Crippen LogP contribution in [0, 0.1) is 0 Å². The largest absolute Gasteiger partial charge is 0.508 e. The highest BCUT2D eigenvalue weighted by Crippen LogP contribution is 2.22. The lowest BCUT2D eigenvalue weighted by molar-refractivity contribution is 0.126. The van der Waals surface area contributed by atoms with Gasteiger partial charge in [-0.3, -0.25) is 0 Å². The standard InChI is InChI=1S/C25H37NO4/c27-20-23-18-22(13-14-24(23)28)25(29)19-26-15-7-1-2-8-16-30-17-9-6-12-21-10-4-3-5-11-21/h3-5,10-11,13-14,18,25-29H,1-2,6-9,12,15-17,19-20H2/i13D,14D,16D2,18D,25D. The Balaban J connectivity index is 1.66.